The zero-order valence-electron chi connectivity index (χ0n) is 15.0. The number of aromatic nitrogens is 2. The van der Waals surface area contributed by atoms with Gasteiger partial charge in [-0.05, 0) is 19.8 Å². The second-order valence-electron chi connectivity index (χ2n) is 5.89. The van der Waals surface area contributed by atoms with Gasteiger partial charge in [-0.2, -0.15) is 4.98 Å². The monoisotopic (exact) mass is 323 g/mol. The third-order valence-electron chi connectivity index (χ3n) is 3.73. The number of nitrogens with one attached hydrogen (secondary N) is 2. The molecule has 0 fully saturated rings. The third kappa shape index (κ3) is 9.92. The van der Waals surface area contributed by atoms with Crippen LogP contribution in [0.4, 0.5) is 0 Å². The SMILES string of the molecule is CCCCCCCCCNC(=NC)NCCCc1nc(C)no1. The van der Waals surface area contributed by atoms with Gasteiger partial charge in [0.05, 0.1) is 0 Å². The first-order valence-corrected chi connectivity index (χ1v) is 9.00. The minimum atomic E-state index is 0.695. The maximum Gasteiger partial charge on any atom is 0.226 e. The summed E-state index contributed by atoms with van der Waals surface area (Å²) in [5, 5.41) is 10.5. The van der Waals surface area contributed by atoms with E-state index in [-0.39, 0.29) is 0 Å². The molecule has 6 nitrogen and oxygen atoms in total. The molecule has 0 saturated heterocycles. The molecule has 2 N–H and O–H groups in total. The molecule has 0 saturated carbocycles. The first-order valence-electron chi connectivity index (χ1n) is 9.00. The van der Waals surface area contributed by atoms with Crippen LogP contribution in [-0.2, 0) is 6.42 Å². The van der Waals surface area contributed by atoms with Gasteiger partial charge in [0.25, 0.3) is 0 Å². The van der Waals surface area contributed by atoms with Crippen LogP contribution in [0.25, 0.3) is 0 Å². The number of guanidine groups is 1. The van der Waals surface area contributed by atoms with Crippen molar-refractivity contribution in [2.24, 2.45) is 4.99 Å². The van der Waals surface area contributed by atoms with Crippen molar-refractivity contribution in [2.75, 3.05) is 20.1 Å². The number of unbranched alkanes of at least 4 members (excludes halogenated alkanes) is 6. The van der Waals surface area contributed by atoms with Crippen molar-refractivity contribution in [3.63, 3.8) is 0 Å². The summed E-state index contributed by atoms with van der Waals surface area (Å²) in [7, 11) is 1.81. The van der Waals surface area contributed by atoms with E-state index in [1.165, 1.54) is 44.9 Å². The van der Waals surface area contributed by atoms with Crippen LogP contribution in [0.2, 0.25) is 0 Å². The lowest BCUT2D eigenvalue weighted by Gasteiger charge is -2.11. The Labute approximate surface area is 140 Å². The molecule has 23 heavy (non-hydrogen) atoms. The van der Waals surface area contributed by atoms with Crippen molar-refractivity contribution in [3.05, 3.63) is 11.7 Å². The number of aryl methyl sites for hydroxylation is 2. The summed E-state index contributed by atoms with van der Waals surface area (Å²) in [5.74, 6) is 2.27. The molecule has 0 spiro atoms. The Hall–Kier alpha value is -1.59. The Morgan fingerprint density at radius 3 is 2.26 bits per heavy atom. The summed E-state index contributed by atoms with van der Waals surface area (Å²) >= 11 is 0. The minimum absolute atomic E-state index is 0.695. The minimum Gasteiger partial charge on any atom is -0.356 e. The first-order chi connectivity index (χ1) is 11.3. The van der Waals surface area contributed by atoms with Crippen LogP contribution in [0.5, 0.6) is 0 Å². The highest BCUT2D eigenvalue weighted by Crippen LogP contribution is 2.06. The van der Waals surface area contributed by atoms with Gasteiger partial charge < -0.3 is 15.2 Å². The fraction of sp³-hybridized carbons (Fsp3) is 0.824. The molecule has 132 valence electrons. The van der Waals surface area contributed by atoms with Crippen LogP contribution in [0.3, 0.4) is 0 Å². The fourth-order valence-corrected chi connectivity index (χ4v) is 2.40. The van der Waals surface area contributed by atoms with Crippen LogP contribution in [0, 0.1) is 6.92 Å². The molecule has 1 aromatic heterocycles. The molecule has 0 aromatic carbocycles. The lowest BCUT2D eigenvalue weighted by molar-refractivity contribution is 0.372. The van der Waals surface area contributed by atoms with Gasteiger partial charge in [0.2, 0.25) is 5.89 Å². The molecule has 1 rings (SSSR count). The van der Waals surface area contributed by atoms with E-state index in [0.29, 0.717) is 11.7 Å². The molecular weight excluding hydrogens is 290 g/mol. The fourth-order valence-electron chi connectivity index (χ4n) is 2.40. The molecule has 0 atom stereocenters. The topological polar surface area (TPSA) is 75.3 Å². The summed E-state index contributed by atoms with van der Waals surface area (Å²) < 4.78 is 5.09. The molecule has 0 aliphatic rings. The van der Waals surface area contributed by atoms with Crippen molar-refractivity contribution in [1.29, 1.82) is 0 Å². The van der Waals surface area contributed by atoms with Gasteiger partial charge in [-0.1, -0.05) is 50.6 Å². The molecule has 0 amide bonds. The predicted molar refractivity (Wildman–Crippen MR) is 94.7 cm³/mol. The predicted octanol–water partition coefficient (Wildman–Crippen LogP) is 3.23. The zero-order valence-corrected chi connectivity index (χ0v) is 15.0. The molecule has 0 radical (unpaired) electrons. The van der Waals surface area contributed by atoms with E-state index in [1.807, 2.05) is 6.92 Å². The smallest absolute Gasteiger partial charge is 0.226 e. The van der Waals surface area contributed by atoms with Crippen LogP contribution < -0.4 is 10.6 Å². The first kappa shape index (κ1) is 19.5. The van der Waals surface area contributed by atoms with Gasteiger partial charge in [-0.25, -0.2) is 0 Å². The lowest BCUT2D eigenvalue weighted by atomic mass is 10.1. The molecule has 1 aromatic rings. The molecule has 6 heteroatoms. The van der Waals surface area contributed by atoms with E-state index in [0.717, 1.165) is 31.9 Å². The summed E-state index contributed by atoms with van der Waals surface area (Å²) in [5.41, 5.74) is 0. The highest BCUT2D eigenvalue weighted by Gasteiger charge is 2.02. The highest BCUT2D eigenvalue weighted by atomic mass is 16.5. The number of aliphatic imine (C=N–C) groups is 1. The average molecular weight is 323 g/mol. The molecule has 0 aliphatic carbocycles. The van der Waals surface area contributed by atoms with Crippen LogP contribution in [0.15, 0.2) is 9.52 Å². The van der Waals surface area contributed by atoms with Crippen molar-refractivity contribution < 1.29 is 4.52 Å². The maximum absolute atomic E-state index is 5.09. The van der Waals surface area contributed by atoms with E-state index in [1.54, 1.807) is 7.05 Å². The molecular formula is C17H33N5O. The van der Waals surface area contributed by atoms with Gasteiger partial charge >= 0.3 is 0 Å². The summed E-state index contributed by atoms with van der Waals surface area (Å²) in [6.07, 6.45) is 11.0. The van der Waals surface area contributed by atoms with Crippen molar-refractivity contribution in [2.45, 2.75) is 71.6 Å². The van der Waals surface area contributed by atoms with E-state index < -0.39 is 0 Å². The Balaban J connectivity index is 1.97. The van der Waals surface area contributed by atoms with Crippen LogP contribution >= 0.6 is 0 Å². The van der Waals surface area contributed by atoms with E-state index in [9.17, 15) is 0 Å². The number of rotatable bonds is 12. The molecule has 0 aliphatic heterocycles. The van der Waals surface area contributed by atoms with Crippen LogP contribution in [0.1, 0.15) is 70.0 Å². The maximum atomic E-state index is 5.09. The third-order valence-corrected chi connectivity index (χ3v) is 3.73. The van der Waals surface area contributed by atoms with Gasteiger partial charge in [-0.3, -0.25) is 4.99 Å². The summed E-state index contributed by atoms with van der Waals surface area (Å²) in [6, 6.07) is 0. The average Bonchev–Trinajstić information content (AvgIpc) is 2.97. The van der Waals surface area contributed by atoms with E-state index in [4.69, 9.17) is 4.52 Å². The molecule has 0 bridgehead atoms. The Morgan fingerprint density at radius 2 is 1.65 bits per heavy atom. The standard InChI is InChI=1S/C17H33N5O/c1-4-5-6-7-8-9-10-13-19-17(18-3)20-14-11-12-16-21-15(2)22-23-16/h4-14H2,1-3H3,(H2,18,19,20). The summed E-state index contributed by atoms with van der Waals surface area (Å²) in [4.78, 5) is 8.43. The van der Waals surface area contributed by atoms with Crippen molar-refractivity contribution >= 4 is 5.96 Å². The second kappa shape index (κ2) is 12.9. The number of nitrogens with zero attached hydrogens (tertiary/aromatic N) is 3. The van der Waals surface area contributed by atoms with E-state index >= 15 is 0 Å². The zero-order chi connectivity index (χ0) is 16.8. The molecule has 1 heterocycles. The highest BCUT2D eigenvalue weighted by molar-refractivity contribution is 5.79. The summed E-state index contributed by atoms with van der Waals surface area (Å²) in [6.45, 7) is 5.92. The normalized spacial score (nSPS) is 11.7. The van der Waals surface area contributed by atoms with Gasteiger partial charge in [0, 0.05) is 26.6 Å². The Morgan fingerprint density at radius 1 is 1.00 bits per heavy atom. The van der Waals surface area contributed by atoms with Crippen LogP contribution in [-0.4, -0.2) is 36.2 Å². The van der Waals surface area contributed by atoms with Crippen molar-refractivity contribution in [3.8, 4) is 0 Å². The molecule has 0 unspecified atom stereocenters. The van der Waals surface area contributed by atoms with E-state index in [2.05, 4.69) is 32.7 Å². The largest absolute Gasteiger partial charge is 0.356 e. The Bertz CT molecular complexity index is 430. The Kier molecular flexibility index (Phi) is 10.9. The number of hydrogen-bond acceptors (Lipinski definition) is 4. The van der Waals surface area contributed by atoms with Gasteiger partial charge in [0.15, 0.2) is 11.8 Å². The van der Waals surface area contributed by atoms with Gasteiger partial charge in [-0.15, -0.1) is 0 Å². The quantitative estimate of drug-likeness (QED) is 0.351. The van der Waals surface area contributed by atoms with Gasteiger partial charge in [0.1, 0.15) is 0 Å². The second-order valence-corrected chi connectivity index (χ2v) is 5.89. The number of hydrogen-bond donors (Lipinski definition) is 2. The van der Waals surface area contributed by atoms with Crippen molar-refractivity contribution in [1.82, 2.24) is 20.8 Å². The lowest BCUT2D eigenvalue weighted by Crippen LogP contribution is -2.38.